The Balaban J connectivity index is 2.48. The predicted molar refractivity (Wildman–Crippen MR) is 41.0 cm³/mol. The second-order valence-corrected chi connectivity index (χ2v) is 3.10. The van der Waals surface area contributed by atoms with Crippen LogP contribution in [0.2, 0.25) is 0 Å². The largest absolute Gasteiger partial charge is 0.353 e. The lowest BCUT2D eigenvalue weighted by Gasteiger charge is -2.13. The van der Waals surface area contributed by atoms with Gasteiger partial charge in [-0.25, -0.2) is 0 Å². The molecule has 0 saturated heterocycles. The zero-order chi connectivity index (χ0) is 8.43. The van der Waals surface area contributed by atoms with Gasteiger partial charge in [0, 0.05) is 25.3 Å². The summed E-state index contributed by atoms with van der Waals surface area (Å²) in [5.41, 5.74) is 0. The maximum atomic E-state index is 11.0. The van der Waals surface area contributed by atoms with Crippen molar-refractivity contribution in [2.75, 3.05) is 0 Å². The molecule has 0 aromatic heterocycles. The smallest absolute Gasteiger partial charge is 0.217 e. The maximum Gasteiger partial charge on any atom is 0.217 e. The summed E-state index contributed by atoms with van der Waals surface area (Å²) in [5, 5.41) is 2.76. The molecule has 0 radical (unpaired) electrons. The van der Waals surface area contributed by atoms with E-state index in [0.717, 1.165) is 6.42 Å². The molecule has 11 heavy (non-hydrogen) atoms. The van der Waals surface area contributed by atoms with Crippen LogP contribution in [0.3, 0.4) is 0 Å². The summed E-state index contributed by atoms with van der Waals surface area (Å²) in [6.07, 6.45) is 1.42. The molecule has 1 aliphatic carbocycles. The molecule has 2 atom stereocenters. The first kappa shape index (κ1) is 8.24. The van der Waals surface area contributed by atoms with Crippen LogP contribution in [0.4, 0.5) is 0 Å². The molecule has 0 aromatic rings. The molecule has 3 nitrogen and oxygen atoms in total. The summed E-state index contributed by atoms with van der Waals surface area (Å²) in [4.78, 5) is 21.6. The van der Waals surface area contributed by atoms with Crippen molar-refractivity contribution < 1.29 is 9.59 Å². The number of carbonyl (C=O) groups is 2. The molecule has 0 aliphatic heterocycles. The third kappa shape index (κ3) is 1.79. The molecule has 1 aliphatic rings. The molecule has 1 fully saturated rings. The van der Waals surface area contributed by atoms with Crippen LogP contribution >= 0.6 is 0 Å². The van der Waals surface area contributed by atoms with E-state index in [1.165, 1.54) is 6.92 Å². The van der Waals surface area contributed by atoms with E-state index in [1.54, 1.807) is 0 Å². The van der Waals surface area contributed by atoms with Crippen LogP contribution in [0.15, 0.2) is 0 Å². The lowest BCUT2D eigenvalue weighted by molar-refractivity contribution is -0.121. The third-order valence-corrected chi connectivity index (χ3v) is 2.20. The Bertz CT molecular complexity index is 189. The minimum absolute atomic E-state index is 0.0129. The Kier molecular flexibility index (Phi) is 2.27. The van der Waals surface area contributed by atoms with Gasteiger partial charge >= 0.3 is 0 Å². The normalized spacial score (nSPS) is 30.5. The Morgan fingerprint density at radius 2 is 2.27 bits per heavy atom. The van der Waals surface area contributed by atoms with E-state index in [-0.39, 0.29) is 23.7 Å². The number of carbonyl (C=O) groups excluding carboxylic acids is 2. The molecule has 3 heteroatoms. The van der Waals surface area contributed by atoms with Gasteiger partial charge in [0.1, 0.15) is 5.78 Å². The quantitative estimate of drug-likeness (QED) is 0.599. The van der Waals surface area contributed by atoms with Gasteiger partial charge in [-0.3, -0.25) is 9.59 Å². The molecule has 0 heterocycles. The second-order valence-electron chi connectivity index (χ2n) is 3.10. The van der Waals surface area contributed by atoms with E-state index in [1.807, 2.05) is 6.92 Å². The van der Waals surface area contributed by atoms with Gasteiger partial charge < -0.3 is 5.32 Å². The highest BCUT2D eigenvalue weighted by Crippen LogP contribution is 2.21. The average Bonchev–Trinajstić information content (AvgIpc) is 2.18. The van der Waals surface area contributed by atoms with Gasteiger partial charge in [-0.05, 0) is 6.42 Å². The first-order valence-corrected chi connectivity index (χ1v) is 3.91. The van der Waals surface area contributed by atoms with Crippen molar-refractivity contribution in [2.45, 2.75) is 32.7 Å². The van der Waals surface area contributed by atoms with Gasteiger partial charge in [0.2, 0.25) is 5.91 Å². The van der Waals surface area contributed by atoms with E-state index >= 15 is 0 Å². The van der Waals surface area contributed by atoms with Crippen molar-refractivity contribution in [3.63, 3.8) is 0 Å². The summed E-state index contributed by atoms with van der Waals surface area (Å²) in [5.74, 6) is 0.235. The van der Waals surface area contributed by atoms with Crippen LogP contribution in [0.5, 0.6) is 0 Å². The van der Waals surface area contributed by atoms with E-state index in [9.17, 15) is 9.59 Å². The highest BCUT2D eigenvalue weighted by Gasteiger charge is 2.30. The monoisotopic (exact) mass is 155 g/mol. The zero-order valence-corrected chi connectivity index (χ0v) is 6.89. The molecule has 1 N–H and O–H groups in total. The van der Waals surface area contributed by atoms with Crippen molar-refractivity contribution in [3.05, 3.63) is 0 Å². The van der Waals surface area contributed by atoms with Crippen LogP contribution in [-0.2, 0) is 9.59 Å². The lowest BCUT2D eigenvalue weighted by Crippen LogP contribution is -2.36. The molecular weight excluding hydrogens is 142 g/mol. The fourth-order valence-corrected chi connectivity index (χ4v) is 1.46. The molecule has 1 amide bonds. The van der Waals surface area contributed by atoms with Gasteiger partial charge in [0.05, 0.1) is 0 Å². The standard InChI is InChI=1S/C8H13NO2/c1-5-7(9-6(2)10)3-4-8(5)11/h5,7H,3-4H2,1-2H3,(H,9,10). The van der Waals surface area contributed by atoms with Crippen molar-refractivity contribution in [1.82, 2.24) is 5.32 Å². The lowest BCUT2D eigenvalue weighted by atomic mass is 10.1. The van der Waals surface area contributed by atoms with Crippen LogP contribution in [-0.4, -0.2) is 17.7 Å². The zero-order valence-electron chi connectivity index (χ0n) is 6.89. The number of amides is 1. The van der Waals surface area contributed by atoms with E-state index in [2.05, 4.69) is 5.32 Å². The maximum absolute atomic E-state index is 11.0. The summed E-state index contributed by atoms with van der Waals surface area (Å²) < 4.78 is 0. The van der Waals surface area contributed by atoms with Crippen molar-refractivity contribution in [3.8, 4) is 0 Å². The third-order valence-electron chi connectivity index (χ3n) is 2.20. The average molecular weight is 155 g/mol. The van der Waals surface area contributed by atoms with E-state index in [4.69, 9.17) is 0 Å². The summed E-state index contributed by atoms with van der Waals surface area (Å²) in [6, 6.07) is 0.0833. The first-order chi connectivity index (χ1) is 5.11. The second kappa shape index (κ2) is 3.03. The highest BCUT2D eigenvalue weighted by atomic mass is 16.1. The van der Waals surface area contributed by atoms with Crippen LogP contribution in [0.25, 0.3) is 0 Å². The molecular formula is C8H13NO2. The SMILES string of the molecule is CC(=O)NC1CCC(=O)C1C. The van der Waals surface area contributed by atoms with Crippen molar-refractivity contribution in [1.29, 1.82) is 0 Å². The number of hydrogen-bond acceptors (Lipinski definition) is 2. The molecule has 1 rings (SSSR count). The van der Waals surface area contributed by atoms with Gasteiger partial charge in [0.25, 0.3) is 0 Å². The van der Waals surface area contributed by atoms with Gasteiger partial charge in [-0.15, -0.1) is 0 Å². The van der Waals surface area contributed by atoms with E-state index < -0.39 is 0 Å². The molecule has 2 unspecified atom stereocenters. The van der Waals surface area contributed by atoms with Crippen molar-refractivity contribution in [2.24, 2.45) is 5.92 Å². The number of rotatable bonds is 1. The molecule has 0 spiro atoms. The van der Waals surface area contributed by atoms with Gasteiger partial charge in [-0.2, -0.15) is 0 Å². The summed E-state index contributed by atoms with van der Waals surface area (Å²) >= 11 is 0. The minimum atomic E-state index is -0.0449. The Morgan fingerprint density at radius 1 is 1.64 bits per heavy atom. The summed E-state index contributed by atoms with van der Waals surface area (Å²) in [6.45, 7) is 3.35. The number of hydrogen-bond donors (Lipinski definition) is 1. The number of ketones is 1. The highest BCUT2D eigenvalue weighted by molar-refractivity contribution is 5.85. The van der Waals surface area contributed by atoms with Crippen LogP contribution in [0.1, 0.15) is 26.7 Å². The fourth-order valence-electron chi connectivity index (χ4n) is 1.46. The molecule has 62 valence electrons. The Morgan fingerprint density at radius 3 is 2.64 bits per heavy atom. The number of Topliss-reactive ketones (excluding diaryl/α,β-unsaturated/α-hetero) is 1. The Hall–Kier alpha value is -0.860. The minimum Gasteiger partial charge on any atom is -0.353 e. The summed E-state index contributed by atoms with van der Waals surface area (Å²) in [7, 11) is 0. The Labute approximate surface area is 66.2 Å². The van der Waals surface area contributed by atoms with Crippen LogP contribution in [0, 0.1) is 5.92 Å². The molecule has 0 aromatic carbocycles. The number of nitrogens with one attached hydrogen (secondary N) is 1. The predicted octanol–water partition coefficient (Wildman–Crippen LogP) is 0.490. The molecule has 1 saturated carbocycles. The van der Waals surface area contributed by atoms with Gasteiger partial charge in [0.15, 0.2) is 0 Å². The fraction of sp³-hybridized carbons (Fsp3) is 0.750. The van der Waals surface area contributed by atoms with Crippen LogP contribution < -0.4 is 5.32 Å². The van der Waals surface area contributed by atoms with Crippen molar-refractivity contribution >= 4 is 11.7 Å². The molecule has 0 bridgehead atoms. The first-order valence-electron chi connectivity index (χ1n) is 3.91. The van der Waals surface area contributed by atoms with Gasteiger partial charge in [-0.1, -0.05) is 6.92 Å². The topological polar surface area (TPSA) is 46.2 Å². The van der Waals surface area contributed by atoms with E-state index in [0.29, 0.717) is 6.42 Å².